The second kappa shape index (κ2) is 7.76. The van der Waals surface area contributed by atoms with Crippen LogP contribution in [-0.2, 0) is 4.79 Å². The Kier molecular flexibility index (Phi) is 7.42. The molecule has 0 aromatic heterocycles. The lowest BCUT2D eigenvalue weighted by molar-refractivity contribution is -0.121. The van der Waals surface area contributed by atoms with Crippen LogP contribution in [0, 0.1) is 0 Å². The zero-order chi connectivity index (χ0) is 11.0. The van der Waals surface area contributed by atoms with Crippen LogP contribution in [0.15, 0.2) is 0 Å². The second-order valence-electron chi connectivity index (χ2n) is 3.58. The summed E-state index contributed by atoms with van der Waals surface area (Å²) in [4.78, 5) is 10.9. The summed E-state index contributed by atoms with van der Waals surface area (Å²) in [6.45, 7) is 3.98. The molecule has 0 heterocycles. The number of nitrogens with one attached hydrogen (secondary N) is 1. The molecule has 1 atom stereocenters. The molecule has 0 bridgehead atoms. The first-order chi connectivity index (χ1) is 6.65. The highest BCUT2D eigenvalue weighted by Crippen LogP contribution is 2.05. The zero-order valence-electron chi connectivity index (χ0n) is 9.12. The normalized spacial score (nSPS) is 13.1. The molecule has 0 aliphatic carbocycles. The third-order valence-electron chi connectivity index (χ3n) is 2.24. The molecule has 0 rings (SSSR count). The molecule has 4 N–H and O–H groups in total. The number of hydrogen-bond donors (Lipinski definition) is 3. The Morgan fingerprint density at radius 1 is 1.36 bits per heavy atom. The number of hydrogen-bond acceptors (Lipinski definition) is 3. The Bertz CT molecular complexity index is 156. The maximum atomic E-state index is 10.9. The molecular formula is C10H22N2O2. The quantitative estimate of drug-likeness (QED) is 0.533. The van der Waals surface area contributed by atoms with Crippen molar-refractivity contribution in [1.82, 2.24) is 5.32 Å². The molecule has 4 heteroatoms. The first-order valence-corrected chi connectivity index (χ1v) is 5.31. The van der Waals surface area contributed by atoms with Crippen LogP contribution in [0.5, 0.6) is 0 Å². The molecule has 1 amide bonds. The van der Waals surface area contributed by atoms with Gasteiger partial charge in [0.15, 0.2) is 0 Å². The van der Waals surface area contributed by atoms with Crippen molar-refractivity contribution in [3.8, 4) is 0 Å². The fourth-order valence-corrected chi connectivity index (χ4v) is 1.52. The summed E-state index contributed by atoms with van der Waals surface area (Å²) in [6, 6.07) is -0.312. The minimum Gasteiger partial charge on any atom is -0.394 e. The van der Waals surface area contributed by atoms with Crippen molar-refractivity contribution in [2.75, 3.05) is 6.61 Å². The fraction of sp³-hybridized carbons (Fsp3) is 0.900. The van der Waals surface area contributed by atoms with Gasteiger partial charge in [-0.25, -0.2) is 0 Å². The first-order valence-electron chi connectivity index (χ1n) is 5.31. The predicted octanol–water partition coefficient (Wildman–Crippen LogP) is 0.391. The molecule has 0 saturated heterocycles. The Labute approximate surface area is 85.9 Å². The lowest BCUT2D eigenvalue weighted by Crippen LogP contribution is -2.48. The Hall–Kier alpha value is -0.610. The van der Waals surface area contributed by atoms with Crippen LogP contribution in [-0.4, -0.2) is 29.7 Å². The summed E-state index contributed by atoms with van der Waals surface area (Å²) in [6.07, 6.45) is 4.15. The van der Waals surface area contributed by atoms with E-state index in [9.17, 15) is 4.79 Å². The van der Waals surface area contributed by atoms with Crippen molar-refractivity contribution >= 4 is 5.91 Å². The smallest absolute Gasteiger partial charge is 0.236 e. The van der Waals surface area contributed by atoms with Crippen molar-refractivity contribution in [2.24, 2.45) is 5.73 Å². The van der Waals surface area contributed by atoms with Gasteiger partial charge in [-0.15, -0.1) is 0 Å². The van der Waals surface area contributed by atoms with E-state index in [2.05, 4.69) is 19.2 Å². The van der Waals surface area contributed by atoms with Gasteiger partial charge in [0, 0.05) is 6.04 Å². The minimum absolute atomic E-state index is 0.223. The number of rotatable bonds is 8. The second-order valence-corrected chi connectivity index (χ2v) is 3.58. The van der Waals surface area contributed by atoms with Crippen LogP contribution in [0.4, 0.5) is 0 Å². The lowest BCUT2D eigenvalue weighted by atomic mass is 10.1. The highest BCUT2D eigenvalue weighted by Gasteiger charge is 2.17. The van der Waals surface area contributed by atoms with E-state index in [1.807, 2.05) is 0 Å². The average Bonchev–Trinajstić information content (AvgIpc) is 2.14. The van der Waals surface area contributed by atoms with Gasteiger partial charge in [0.25, 0.3) is 0 Å². The van der Waals surface area contributed by atoms with Crippen LogP contribution < -0.4 is 11.1 Å². The maximum Gasteiger partial charge on any atom is 0.236 e. The third kappa shape index (κ3) is 5.19. The van der Waals surface area contributed by atoms with Crippen molar-refractivity contribution < 1.29 is 9.90 Å². The summed E-state index contributed by atoms with van der Waals surface area (Å²) in [5.74, 6) is -0.482. The molecule has 0 radical (unpaired) electrons. The van der Waals surface area contributed by atoms with Crippen LogP contribution >= 0.6 is 0 Å². The molecule has 0 unspecified atom stereocenters. The molecule has 0 spiro atoms. The molecule has 0 aliphatic rings. The van der Waals surface area contributed by atoms with E-state index in [1.165, 1.54) is 0 Å². The molecule has 0 fully saturated rings. The molecule has 84 valence electrons. The van der Waals surface area contributed by atoms with E-state index in [-0.39, 0.29) is 12.6 Å². The van der Waals surface area contributed by atoms with E-state index in [1.54, 1.807) is 0 Å². The summed E-state index contributed by atoms with van der Waals surface area (Å²) in [5, 5.41) is 12.0. The SMILES string of the molecule is CCCC(CCC)N[C@H](CO)C(N)=O. The Balaban J connectivity index is 4.03. The van der Waals surface area contributed by atoms with E-state index in [4.69, 9.17) is 10.8 Å². The summed E-state index contributed by atoms with van der Waals surface area (Å²) >= 11 is 0. The largest absolute Gasteiger partial charge is 0.394 e. The molecule has 4 nitrogen and oxygen atoms in total. The highest BCUT2D eigenvalue weighted by molar-refractivity contribution is 5.79. The lowest BCUT2D eigenvalue weighted by Gasteiger charge is -2.21. The van der Waals surface area contributed by atoms with E-state index in [0.717, 1.165) is 25.7 Å². The van der Waals surface area contributed by atoms with E-state index < -0.39 is 11.9 Å². The van der Waals surface area contributed by atoms with Gasteiger partial charge in [-0.05, 0) is 12.8 Å². The molecule has 0 aromatic carbocycles. The van der Waals surface area contributed by atoms with Crippen molar-refractivity contribution in [1.29, 1.82) is 0 Å². The Morgan fingerprint density at radius 3 is 2.14 bits per heavy atom. The number of primary amides is 1. The van der Waals surface area contributed by atoms with Crippen LogP contribution in [0.25, 0.3) is 0 Å². The number of carbonyl (C=O) groups is 1. The standard InChI is InChI=1S/C10H22N2O2/c1-3-5-8(6-4-2)12-9(7-13)10(11)14/h8-9,12-13H,3-7H2,1-2H3,(H2,11,14)/t9-/m1/s1. The van der Waals surface area contributed by atoms with Crippen molar-refractivity contribution in [3.63, 3.8) is 0 Å². The van der Waals surface area contributed by atoms with Gasteiger partial charge < -0.3 is 16.2 Å². The zero-order valence-corrected chi connectivity index (χ0v) is 9.12. The first kappa shape index (κ1) is 13.4. The fourth-order valence-electron chi connectivity index (χ4n) is 1.52. The number of amides is 1. The summed E-state index contributed by atoms with van der Waals surface area (Å²) in [5.41, 5.74) is 5.13. The van der Waals surface area contributed by atoms with Gasteiger partial charge in [0.05, 0.1) is 6.61 Å². The van der Waals surface area contributed by atoms with Gasteiger partial charge in [0.1, 0.15) is 6.04 Å². The monoisotopic (exact) mass is 202 g/mol. The van der Waals surface area contributed by atoms with Gasteiger partial charge in [-0.1, -0.05) is 26.7 Å². The third-order valence-corrected chi connectivity index (χ3v) is 2.24. The van der Waals surface area contributed by atoms with Gasteiger partial charge in [0.2, 0.25) is 5.91 Å². The summed E-state index contributed by atoms with van der Waals surface area (Å²) in [7, 11) is 0. The minimum atomic E-state index is -0.599. The van der Waals surface area contributed by atoms with Gasteiger partial charge in [-0.3, -0.25) is 4.79 Å². The number of aliphatic hydroxyl groups excluding tert-OH is 1. The van der Waals surface area contributed by atoms with Gasteiger partial charge in [-0.2, -0.15) is 0 Å². The molecule has 0 aromatic rings. The Morgan fingerprint density at radius 2 is 1.86 bits per heavy atom. The maximum absolute atomic E-state index is 10.9. The molecule has 0 saturated carbocycles. The molecular weight excluding hydrogens is 180 g/mol. The number of aliphatic hydroxyl groups is 1. The number of nitrogens with two attached hydrogens (primary N) is 1. The molecule has 14 heavy (non-hydrogen) atoms. The van der Waals surface area contributed by atoms with Gasteiger partial charge >= 0.3 is 0 Å². The summed E-state index contributed by atoms with van der Waals surface area (Å²) < 4.78 is 0. The topological polar surface area (TPSA) is 75.3 Å². The number of carbonyl (C=O) groups excluding carboxylic acids is 1. The average molecular weight is 202 g/mol. The highest BCUT2D eigenvalue weighted by atomic mass is 16.3. The van der Waals surface area contributed by atoms with E-state index in [0.29, 0.717) is 0 Å². The van der Waals surface area contributed by atoms with Crippen molar-refractivity contribution in [2.45, 2.75) is 51.6 Å². The van der Waals surface area contributed by atoms with E-state index >= 15 is 0 Å². The predicted molar refractivity (Wildman–Crippen MR) is 56.8 cm³/mol. The van der Waals surface area contributed by atoms with Crippen LogP contribution in [0.1, 0.15) is 39.5 Å². The van der Waals surface area contributed by atoms with Crippen molar-refractivity contribution in [3.05, 3.63) is 0 Å². The van der Waals surface area contributed by atoms with Crippen LogP contribution in [0.3, 0.4) is 0 Å². The van der Waals surface area contributed by atoms with Crippen LogP contribution in [0.2, 0.25) is 0 Å². The molecule has 0 aliphatic heterocycles.